The number of aliphatic carboxylic acids is 1. The minimum atomic E-state index is -4.44. The molecule has 2 N–H and O–H groups in total. The van der Waals surface area contributed by atoms with Crippen molar-refractivity contribution in [3.8, 4) is 0 Å². The number of piperidine rings is 1. The highest BCUT2D eigenvalue weighted by Crippen LogP contribution is 2.36. The standard InChI is InChI=1S/C14H15ClF3NO2.C13H22N2O/c15-12-3-1-2-11(14(16,17)18)10(12)8-19-5-4-9(7-19)6-13(20)21;16-11-14-13-6-8-15(9-7-13)10-12-4-2-1-3-5-12/h1-3,9H,4-8H2,(H,20,21);4,11,13H,1-3,5-10H2,(H,14,16)/t9-;/m0./s1. The number of nitrogens with zero attached hydrogens (tertiary/aromatic N) is 2. The molecular weight excluding hydrogens is 507 g/mol. The predicted molar refractivity (Wildman–Crippen MR) is 137 cm³/mol. The van der Waals surface area contributed by atoms with Gasteiger partial charge >= 0.3 is 12.1 Å². The highest BCUT2D eigenvalue weighted by Gasteiger charge is 2.35. The molecule has 4 rings (SSSR count). The van der Waals surface area contributed by atoms with Crippen molar-refractivity contribution in [2.75, 3.05) is 32.7 Å². The number of nitrogens with one attached hydrogen (secondary N) is 1. The third-order valence-corrected chi connectivity index (χ3v) is 7.70. The molecule has 206 valence electrons. The van der Waals surface area contributed by atoms with Gasteiger partial charge in [0.25, 0.3) is 0 Å². The molecule has 1 atom stereocenters. The minimum Gasteiger partial charge on any atom is -0.481 e. The number of carboxylic acids is 1. The van der Waals surface area contributed by atoms with E-state index in [1.165, 1.54) is 37.8 Å². The van der Waals surface area contributed by atoms with Crippen LogP contribution in [0.25, 0.3) is 0 Å². The summed E-state index contributed by atoms with van der Waals surface area (Å²) in [5, 5.41) is 11.7. The number of rotatable bonds is 8. The van der Waals surface area contributed by atoms with Gasteiger partial charge in [0.15, 0.2) is 0 Å². The van der Waals surface area contributed by atoms with Gasteiger partial charge in [-0.15, -0.1) is 0 Å². The molecule has 2 fully saturated rings. The zero-order valence-electron chi connectivity index (χ0n) is 21.1. The lowest BCUT2D eigenvalue weighted by Crippen LogP contribution is -2.42. The van der Waals surface area contributed by atoms with Crippen molar-refractivity contribution in [3.63, 3.8) is 0 Å². The number of hydrogen-bond donors (Lipinski definition) is 2. The number of allylic oxidation sites excluding steroid dienone is 1. The fraction of sp³-hybridized carbons (Fsp3) is 0.630. The molecule has 1 aromatic carbocycles. The summed E-state index contributed by atoms with van der Waals surface area (Å²) >= 11 is 5.91. The summed E-state index contributed by atoms with van der Waals surface area (Å²) in [6.45, 7) is 4.57. The molecule has 1 amide bonds. The first-order valence-corrected chi connectivity index (χ1v) is 13.4. The Morgan fingerprint density at radius 2 is 1.84 bits per heavy atom. The number of halogens is 4. The van der Waals surface area contributed by atoms with Gasteiger partial charge in [-0.3, -0.25) is 19.4 Å². The second-order valence-corrected chi connectivity index (χ2v) is 10.6. The van der Waals surface area contributed by atoms with Crippen LogP contribution in [0.2, 0.25) is 5.02 Å². The molecule has 6 nitrogen and oxygen atoms in total. The minimum absolute atomic E-state index is 0.0145. The molecule has 0 bridgehead atoms. The quantitative estimate of drug-likeness (QED) is 0.341. The monoisotopic (exact) mass is 543 g/mol. The average molecular weight is 544 g/mol. The Morgan fingerprint density at radius 1 is 1.11 bits per heavy atom. The van der Waals surface area contributed by atoms with E-state index in [9.17, 15) is 22.8 Å². The zero-order chi connectivity index (χ0) is 26.8. The van der Waals surface area contributed by atoms with Crippen LogP contribution in [0, 0.1) is 5.92 Å². The van der Waals surface area contributed by atoms with Gasteiger partial charge in [0.1, 0.15) is 0 Å². The number of carboxylic acid groups (broad SMARTS) is 1. The molecule has 2 aliphatic heterocycles. The lowest BCUT2D eigenvalue weighted by molar-refractivity contribution is -0.139. The van der Waals surface area contributed by atoms with Crippen molar-refractivity contribution in [1.29, 1.82) is 0 Å². The van der Waals surface area contributed by atoms with Crippen molar-refractivity contribution < 1.29 is 27.9 Å². The van der Waals surface area contributed by atoms with Gasteiger partial charge in [-0.05, 0) is 75.1 Å². The summed E-state index contributed by atoms with van der Waals surface area (Å²) < 4.78 is 39.0. The summed E-state index contributed by atoms with van der Waals surface area (Å²) in [7, 11) is 0. The SMILES string of the molecule is O=C(O)C[C@@H]1CCN(Cc2c(Cl)cccc2C(F)(F)F)C1.O=CNC1CCN(CC2=CCCCC2)CC1. The normalized spacial score (nSPS) is 21.6. The Balaban J connectivity index is 0.000000213. The molecule has 1 aromatic rings. The largest absolute Gasteiger partial charge is 0.481 e. The van der Waals surface area contributed by atoms with E-state index in [4.69, 9.17) is 16.7 Å². The molecule has 0 spiro atoms. The summed E-state index contributed by atoms with van der Waals surface area (Å²) in [6, 6.07) is 4.16. The first-order valence-electron chi connectivity index (χ1n) is 13.0. The number of hydrogen-bond acceptors (Lipinski definition) is 4. The molecule has 10 heteroatoms. The van der Waals surface area contributed by atoms with Crippen molar-refractivity contribution in [2.45, 2.75) is 70.1 Å². The molecule has 0 unspecified atom stereocenters. The van der Waals surface area contributed by atoms with Crippen molar-refractivity contribution in [3.05, 3.63) is 46.0 Å². The molecule has 3 aliphatic rings. The number of benzene rings is 1. The third kappa shape index (κ3) is 9.61. The molecule has 0 saturated carbocycles. The number of amides is 1. The van der Waals surface area contributed by atoms with Crippen LogP contribution in [0.1, 0.15) is 62.5 Å². The van der Waals surface area contributed by atoms with E-state index in [-0.39, 0.29) is 29.5 Å². The van der Waals surface area contributed by atoms with E-state index in [2.05, 4.69) is 16.3 Å². The Morgan fingerprint density at radius 3 is 2.46 bits per heavy atom. The maximum Gasteiger partial charge on any atom is 0.416 e. The van der Waals surface area contributed by atoms with Gasteiger partial charge < -0.3 is 10.4 Å². The fourth-order valence-corrected chi connectivity index (χ4v) is 5.60. The second kappa shape index (κ2) is 14.2. The Bertz CT molecular complexity index is 933. The van der Waals surface area contributed by atoms with Gasteiger partial charge in [0.2, 0.25) is 6.41 Å². The van der Waals surface area contributed by atoms with Crippen LogP contribution in [0.3, 0.4) is 0 Å². The van der Waals surface area contributed by atoms with Crippen molar-refractivity contribution >= 4 is 24.0 Å². The van der Waals surface area contributed by atoms with E-state index < -0.39 is 17.7 Å². The summed E-state index contributed by atoms with van der Waals surface area (Å²) in [6.07, 6.45) is 7.07. The number of carbonyl (C=O) groups excluding carboxylic acids is 1. The van der Waals surface area contributed by atoms with Crippen LogP contribution < -0.4 is 5.32 Å². The van der Waals surface area contributed by atoms with E-state index >= 15 is 0 Å². The lowest BCUT2D eigenvalue weighted by Gasteiger charge is -2.32. The first-order chi connectivity index (χ1) is 17.7. The summed E-state index contributed by atoms with van der Waals surface area (Å²) in [5.74, 6) is -0.894. The Hall–Kier alpha value is -2.10. The van der Waals surface area contributed by atoms with Crippen molar-refractivity contribution in [1.82, 2.24) is 15.1 Å². The van der Waals surface area contributed by atoms with Crippen LogP contribution in [0.4, 0.5) is 13.2 Å². The van der Waals surface area contributed by atoms with E-state index in [1.54, 1.807) is 5.57 Å². The molecule has 1 aliphatic carbocycles. The zero-order valence-corrected chi connectivity index (χ0v) is 21.9. The van der Waals surface area contributed by atoms with Crippen molar-refractivity contribution in [2.24, 2.45) is 5.92 Å². The lowest BCUT2D eigenvalue weighted by atomic mass is 9.98. The van der Waals surface area contributed by atoms with Crippen LogP contribution in [-0.2, 0) is 22.3 Å². The van der Waals surface area contributed by atoms with Gasteiger partial charge in [0.05, 0.1) is 5.56 Å². The Labute approximate surface area is 221 Å². The molecule has 0 aromatic heterocycles. The van der Waals surface area contributed by atoms with Crippen LogP contribution in [0.15, 0.2) is 29.8 Å². The Kier molecular flexibility index (Phi) is 11.3. The van der Waals surface area contributed by atoms with E-state index in [0.717, 1.165) is 45.0 Å². The molecule has 37 heavy (non-hydrogen) atoms. The smallest absolute Gasteiger partial charge is 0.416 e. The summed E-state index contributed by atoms with van der Waals surface area (Å²) in [5.41, 5.74) is 0.965. The van der Waals surface area contributed by atoms with Gasteiger partial charge in [-0.25, -0.2) is 0 Å². The molecule has 0 radical (unpaired) electrons. The average Bonchev–Trinajstić information content (AvgIpc) is 3.28. The number of carbonyl (C=O) groups is 2. The third-order valence-electron chi connectivity index (χ3n) is 7.34. The van der Waals surface area contributed by atoms with E-state index in [1.807, 2.05) is 4.90 Å². The van der Waals surface area contributed by atoms with Gasteiger partial charge in [0, 0.05) is 50.2 Å². The second-order valence-electron chi connectivity index (χ2n) is 10.2. The van der Waals surface area contributed by atoms with Crippen LogP contribution in [-0.4, -0.2) is 66.1 Å². The molecular formula is C27H37ClF3N3O3. The number of alkyl halides is 3. The predicted octanol–water partition coefficient (Wildman–Crippen LogP) is 5.35. The molecule has 2 saturated heterocycles. The number of likely N-dealkylation sites (tertiary alicyclic amines) is 2. The topological polar surface area (TPSA) is 72.9 Å². The van der Waals surface area contributed by atoms with Gasteiger partial charge in [-0.1, -0.05) is 29.3 Å². The van der Waals surface area contributed by atoms with Crippen LogP contribution >= 0.6 is 11.6 Å². The first kappa shape index (κ1) is 29.5. The van der Waals surface area contributed by atoms with Crippen LogP contribution in [0.5, 0.6) is 0 Å². The highest BCUT2D eigenvalue weighted by molar-refractivity contribution is 6.31. The fourth-order valence-electron chi connectivity index (χ4n) is 5.37. The van der Waals surface area contributed by atoms with E-state index in [0.29, 0.717) is 25.6 Å². The molecule has 2 heterocycles. The summed E-state index contributed by atoms with van der Waals surface area (Å²) in [4.78, 5) is 25.4. The maximum absolute atomic E-state index is 13.0. The maximum atomic E-state index is 13.0. The van der Waals surface area contributed by atoms with Gasteiger partial charge in [-0.2, -0.15) is 13.2 Å². The highest BCUT2D eigenvalue weighted by atomic mass is 35.5.